The minimum atomic E-state index is -4.78. The molecule has 0 spiro atoms. The highest BCUT2D eigenvalue weighted by Crippen LogP contribution is 2.32. The first-order valence-electron chi connectivity index (χ1n) is 5.61. The first-order chi connectivity index (χ1) is 8.21. The van der Waals surface area contributed by atoms with Crippen molar-refractivity contribution in [1.29, 1.82) is 0 Å². The van der Waals surface area contributed by atoms with Crippen molar-refractivity contribution in [2.24, 2.45) is 5.92 Å². The van der Waals surface area contributed by atoms with E-state index in [1.807, 2.05) is 13.8 Å². The van der Waals surface area contributed by atoms with E-state index in [0.717, 1.165) is 6.07 Å². The normalized spacial score (nSPS) is 11.9. The Bertz CT molecular complexity index is 435. The summed E-state index contributed by atoms with van der Waals surface area (Å²) < 4.78 is 50.4. The van der Waals surface area contributed by atoms with Gasteiger partial charge in [-0.25, -0.2) is 4.39 Å². The number of alkyl halides is 3. The van der Waals surface area contributed by atoms with E-state index in [0.29, 0.717) is 18.6 Å². The molecule has 0 bridgehead atoms. The van der Waals surface area contributed by atoms with E-state index in [-0.39, 0.29) is 17.9 Å². The van der Waals surface area contributed by atoms with E-state index in [9.17, 15) is 22.4 Å². The molecule has 1 rings (SSSR count). The average Bonchev–Trinajstić information content (AvgIpc) is 2.24. The zero-order chi connectivity index (χ0) is 13.9. The largest absolute Gasteiger partial charge is 0.419 e. The lowest BCUT2D eigenvalue weighted by Gasteiger charge is -2.10. The van der Waals surface area contributed by atoms with Crippen molar-refractivity contribution in [3.05, 3.63) is 35.1 Å². The SMILES string of the molecule is CC(C)CCC(=O)c1ccc(F)c(C(F)(F)F)c1. The summed E-state index contributed by atoms with van der Waals surface area (Å²) in [5, 5.41) is 0. The van der Waals surface area contributed by atoms with Gasteiger partial charge in [0.05, 0.1) is 5.56 Å². The summed E-state index contributed by atoms with van der Waals surface area (Å²) >= 11 is 0. The summed E-state index contributed by atoms with van der Waals surface area (Å²) in [6, 6.07) is 2.36. The predicted molar refractivity (Wildman–Crippen MR) is 59.8 cm³/mol. The van der Waals surface area contributed by atoms with Crippen LogP contribution >= 0.6 is 0 Å². The maximum atomic E-state index is 13.0. The fourth-order valence-corrected chi connectivity index (χ4v) is 1.48. The second kappa shape index (κ2) is 5.50. The minimum Gasteiger partial charge on any atom is -0.294 e. The topological polar surface area (TPSA) is 17.1 Å². The van der Waals surface area contributed by atoms with Crippen LogP contribution in [0.25, 0.3) is 0 Å². The van der Waals surface area contributed by atoms with Gasteiger partial charge >= 0.3 is 6.18 Å². The molecule has 0 aromatic heterocycles. The molecule has 1 nitrogen and oxygen atoms in total. The van der Waals surface area contributed by atoms with Gasteiger partial charge < -0.3 is 0 Å². The molecule has 0 N–H and O–H groups in total. The molecular weight excluding hydrogens is 248 g/mol. The third-order valence-electron chi connectivity index (χ3n) is 2.54. The molecule has 0 aliphatic rings. The van der Waals surface area contributed by atoms with Crippen LogP contribution in [0.1, 0.15) is 42.6 Å². The van der Waals surface area contributed by atoms with Crippen molar-refractivity contribution >= 4 is 5.78 Å². The predicted octanol–water partition coefficient (Wildman–Crippen LogP) is 4.46. The fourth-order valence-electron chi connectivity index (χ4n) is 1.48. The number of carbonyl (C=O) groups is 1. The first kappa shape index (κ1) is 14.7. The number of ketones is 1. The van der Waals surface area contributed by atoms with Crippen molar-refractivity contribution in [3.8, 4) is 0 Å². The van der Waals surface area contributed by atoms with E-state index in [2.05, 4.69) is 0 Å². The van der Waals surface area contributed by atoms with Gasteiger partial charge in [0.15, 0.2) is 5.78 Å². The van der Waals surface area contributed by atoms with Crippen molar-refractivity contribution < 1.29 is 22.4 Å². The van der Waals surface area contributed by atoms with Gasteiger partial charge in [-0.2, -0.15) is 13.2 Å². The van der Waals surface area contributed by atoms with Crippen LogP contribution in [0.2, 0.25) is 0 Å². The maximum absolute atomic E-state index is 13.0. The molecule has 0 unspecified atom stereocenters. The Morgan fingerprint density at radius 2 is 1.89 bits per heavy atom. The molecule has 5 heteroatoms. The summed E-state index contributed by atoms with van der Waals surface area (Å²) in [6.45, 7) is 3.83. The van der Waals surface area contributed by atoms with Gasteiger partial charge in [0.1, 0.15) is 5.82 Å². The Hall–Kier alpha value is -1.39. The molecule has 1 aromatic rings. The third-order valence-corrected chi connectivity index (χ3v) is 2.54. The molecule has 0 aliphatic heterocycles. The van der Waals surface area contributed by atoms with E-state index >= 15 is 0 Å². The highest BCUT2D eigenvalue weighted by atomic mass is 19.4. The van der Waals surface area contributed by atoms with Gasteiger partial charge in [-0.3, -0.25) is 4.79 Å². The van der Waals surface area contributed by atoms with Gasteiger partial charge in [0, 0.05) is 12.0 Å². The zero-order valence-electron chi connectivity index (χ0n) is 10.1. The Morgan fingerprint density at radius 3 is 2.39 bits per heavy atom. The molecule has 0 amide bonds. The van der Waals surface area contributed by atoms with E-state index in [1.54, 1.807) is 0 Å². The first-order valence-corrected chi connectivity index (χ1v) is 5.61. The Morgan fingerprint density at radius 1 is 1.28 bits per heavy atom. The number of hydrogen-bond donors (Lipinski definition) is 0. The van der Waals surface area contributed by atoms with Gasteiger partial charge in [0.25, 0.3) is 0 Å². The molecule has 0 saturated carbocycles. The lowest BCUT2D eigenvalue weighted by Crippen LogP contribution is -2.10. The monoisotopic (exact) mass is 262 g/mol. The molecule has 0 heterocycles. The minimum absolute atomic E-state index is 0.0932. The van der Waals surface area contributed by atoms with Crippen LogP contribution in [-0.4, -0.2) is 5.78 Å². The maximum Gasteiger partial charge on any atom is 0.419 e. The average molecular weight is 262 g/mol. The molecule has 0 radical (unpaired) electrons. The van der Waals surface area contributed by atoms with Crippen molar-refractivity contribution in [2.75, 3.05) is 0 Å². The summed E-state index contributed by atoms with van der Waals surface area (Å²) in [5.41, 5.74) is -1.48. The third kappa shape index (κ3) is 3.82. The quantitative estimate of drug-likeness (QED) is 0.578. The van der Waals surface area contributed by atoms with Gasteiger partial charge in [0.2, 0.25) is 0 Å². The lowest BCUT2D eigenvalue weighted by molar-refractivity contribution is -0.140. The van der Waals surface area contributed by atoms with Gasteiger partial charge in [-0.05, 0) is 30.5 Å². The summed E-state index contributed by atoms with van der Waals surface area (Å²) in [5.74, 6) is -1.46. The number of carbonyl (C=O) groups excluding carboxylic acids is 1. The number of benzene rings is 1. The van der Waals surface area contributed by atoms with Crippen LogP contribution in [0.15, 0.2) is 18.2 Å². The van der Waals surface area contributed by atoms with Crippen LogP contribution in [0.3, 0.4) is 0 Å². The second-order valence-corrected chi connectivity index (χ2v) is 4.55. The van der Waals surface area contributed by atoms with Crippen molar-refractivity contribution in [3.63, 3.8) is 0 Å². The van der Waals surface area contributed by atoms with Crippen LogP contribution in [-0.2, 0) is 6.18 Å². The van der Waals surface area contributed by atoms with Crippen molar-refractivity contribution in [1.82, 2.24) is 0 Å². The van der Waals surface area contributed by atoms with E-state index in [1.165, 1.54) is 0 Å². The number of Topliss-reactive ketones (excluding diaryl/α,β-unsaturated/α-hetero) is 1. The van der Waals surface area contributed by atoms with Crippen molar-refractivity contribution in [2.45, 2.75) is 32.9 Å². The molecule has 100 valence electrons. The summed E-state index contributed by atoms with van der Waals surface area (Å²) in [6.07, 6.45) is -4.02. The molecule has 0 aliphatic carbocycles. The Kier molecular flexibility index (Phi) is 4.48. The molecule has 0 saturated heterocycles. The number of hydrogen-bond acceptors (Lipinski definition) is 1. The molecule has 0 fully saturated rings. The highest BCUT2D eigenvalue weighted by molar-refractivity contribution is 5.96. The molecule has 0 atom stereocenters. The zero-order valence-corrected chi connectivity index (χ0v) is 10.1. The smallest absolute Gasteiger partial charge is 0.294 e. The Labute approximate surface area is 103 Å². The van der Waals surface area contributed by atoms with Gasteiger partial charge in [-0.1, -0.05) is 13.8 Å². The summed E-state index contributed by atoms with van der Waals surface area (Å²) in [4.78, 5) is 11.6. The van der Waals surface area contributed by atoms with E-state index in [4.69, 9.17) is 0 Å². The van der Waals surface area contributed by atoms with E-state index < -0.39 is 23.3 Å². The van der Waals surface area contributed by atoms with Crippen LogP contribution in [0.5, 0.6) is 0 Å². The van der Waals surface area contributed by atoms with Gasteiger partial charge in [-0.15, -0.1) is 0 Å². The summed E-state index contributed by atoms with van der Waals surface area (Å²) in [7, 11) is 0. The second-order valence-electron chi connectivity index (χ2n) is 4.55. The molecule has 18 heavy (non-hydrogen) atoms. The Balaban J connectivity index is 2.95. The fraction of sp³-hybridized carbons (Fsp3) is 0.462. The number of halogens is 4. The van der Waals surface area contributed by atoms with Crippen LogP contribution in [0.4, 0.5) is 17.6 Å². The molecule has 1 aromatic carbocycles. The molecular formula is C13H14F4O. The lowest BCUT2D eigenvalue weighted by atomic mass is 9.99. The number of rotatable bonds is 4. The van der Waals surface area contributed by atoms with Crippen LogP contribution < -0.4 is 0 Å². The standard InChI is InChI=1S/C13H14F4O/c1-8(2)3-6-12(18)9-4-5-11(14)10(7-9)13(15,16)17/h4-5,7-8H,3,6H2,1-2H3. The highest BCUT2D eigenvalue weighted by Gasteiger charge is 2.34. The van der Waals surface area contributed by atoms with Crippen LogP contribution in [0, 0.1) is 11.7 Å².